The first kappa shape index (κ1) is 10.7. The van der Waals surface area contributed by atoms with Gasteiger partial charge in [0.1, 0.15) is 0 Å². The lowest BCUT2D eigenvalue weighted by molar-refractivity contribution is 0.461. The first-order valence-corrected chi connectivity index (χ1v) is 4.41. The summed E-state index contributed by atoms with van der Waals surface area (Å²) in [6.07, 6.45) is 2.06. The van der Waals surface area contributed by atoms with Gasteiger partial charge in [-0.3, -0.25) is 0 Å². The van der Waals surface area contributed by atoms with Gasteiger partial charge in [-0.1, -0.05) is 25.0 Å². The highest BCUT2D eigenvalue weighted by Crippen LogP contribution is 2.23. The highest BCUT2D eigenvalue weighted by Gasteiger charge is 2.22. The Kier molecular flexibility index (Phi) is 3.81. The van der Waals surface area contributed by atoms with Crippen LogP contribution in [0.3, 0.4) is 0 Å². The summed E-state index contributed by atoms with van der Waals surface area (Å²) >= 11 is 0. The molecule has 0 rings (SSSR count). The maximum atomic E-state index is 6.18. The largest absolute Gasteiger partial charge is 0.322 e. The summed E-state index contributed by atoms with van der Waals surface area (Å²) in [6, 6.07) is 0. The summed E-state index contributed by atoms with van der Waals surface area (Å²) in [5.41, 5.74) is 8.83. The van der Waals surface area contributed by atoms with Crippen molar-refractivity contribution in [2.75, 3.05) is 0 Å². The van der Waals surface area contributed by atoms with Crippen molar-refractivity contribution in [1.29, 1.82) is 0 Å². The van der Waals surface area contributed by atoms with Crippen LogP contribution in [0.1, 0.15) is 47.5 Å². The van der Waals surface area contributed by atoms with Gasteiger partial charge in [0.25, 0.3) is 0 Å². The molecule has 0 aliphatic heterocycles. The third-order valence-corrected chi connectivity index (χ3v) is 2.76. The molecule has 0 aromatic rings. The lowest BCUT2D eigenvalue weighted by atomic mass is 9.84. The van der Waals surface area contributed by atoms with Crippen LogP contribution >= 0.6 is 0 Å². The van der Waals surface area contributed by atoms with Crippen LogP contribution in [0.5, 0.6) is 0 Å². The van der Waals surface area contributed by atoms with Crippen molar-refractivity contribution in [1.82, 2.24) is 0 Å². The average Bonchev–Trinajstić information content (AvgIpc) is 2.01. The normalized spacial score (nSPS) is 11.5. The predicted octanol–water partition coefficient (Wildman–Crippen LogP) is 2.86. The lowest BCUT2D eigenvalue weighted by Gasteiger charge is -2.29. The van der Waals surface area contributed by atoms with E-state index < -0.39 is 0 Å². The number of nitrogens with two attached hydrogens (primary N) is 1. The van der Waals surface area contributed by atoms with Crippen molar-refractivity contribution in [3.8, 4) is 0 Å². The highest BCUT2D eigenvalue weighted by molar-refractivity contribution is 5.20. The fourth-order valence-electron chi connectivity index (χ4n) is 1.28. The molecule has 0 radical (unpaired) electrons. The zero-order chi connectivity index (χ0) is 9.07. The van der Waals surface area contributed by atoms with Crippen LogP contribution in [-0.2, 0) is 0 Å². The van der Waals surface area contributed by atoms with Gasteiger partial charge in [0, 0.05) is 5.54 Å². The van der Waals surface area contributed by atoms with E-state index in [4.69, 9.17) is 5.73 Å². The van der Waals surface area contributed by atoms with Gasteiger partial charge in [-0.25, -0.2) is 0 Å². The third-order valence-electron chi connectivity index (χ3n) is 2.76. The molecule has 0 saturated heterocycles. The summed E-state index contributed by atoms with van der Waals surface area (Å²) in [4.78, 5) is 0. The molecule has 0 amide bonds. The second-order valence-electron chi connectivity index (χ2n) is 3.49. The Labute approximate surface area is 70.7 Å². The molecule has 0 heterocycles. The number of rotatable bonds is 3. The molecule has 0 saturated carbocycles. The average molecular weight is 155 g/mol. The van der Waals surface area contributed by atoms with E-state index in [0.717, 1.165) is 12.8 Å². The molecule has 2 N–H and O–H groups in total. The fourth-order valence-corrected chi connectivity index (χ4v) is 1.28. The van der Waals surface area contributed by atoms with Crippen molar-refractivity contribution in [2.45, 2.75) is 53.0 Å². The molecule has 0 atom stereocenters. The van der Waals surface area contributed by atoms with Crippen LogP contribution in [0.2, 0.25) is 0 Å². The standard InChI is InChI=1S/C10H21N/c1-6-10(11,7-2)9(5)8(3)4/h6-7,11H2,1-5H3. The SMILES string of the molecule is CCC(N)(CC)C(C)=C(C)C. The molecule has 1 nitrogen and oxygen atoms in total. The summed E-state index contributed by atoms with van der Waals surface area (Å²) in [5, 5.41) is 0. The van der Waals surface area contributed by atoms with Crippen LogP contribution in [0.4, 0.5) is 0 Å². The summed E-state index contributed by atoms with van der Waals surface area (Å²) in [5.74, 6) is 0. The van der Waals surface area contributed by atoms with E-state index in [1.807, 2.05) is 0 Å². The summed E-state index contributed by atoms with van der Waals surface area (Å²) in [6.45, 7) is 10.7. The Hall–Kier alpha value is -0.300. The molecule has 0 fully saturated rings. The van der Waals surface area contributed by atoms with Crippen LogP contribution < -0.4 is 5.73 Å². The number of hydrogen-bond acceptors (Lipinski definition) is 1. The van der Waals surface area contributed by atoms with E-state index in [-0.39, 0.29) is 5.54 Å². The molecular weight excluding hydrogens is 134 g/mol. The summed E-state index contributed by atoms with van der Waals surface area (Å²) in [7, 11) is 0. The van der Waals surface area contributed by atoms with Crippen LogP contribution in [-0.4, -0.2) is 5.54 Å². The van der Waals surface area contributed by atoms with Gasteiger partial charge >= 0.3 is 0 Å². The van der Waals surface area contributed by atoms with E-state index in [9.17, 15) is 0 Å². The first-order valence-electron chi connectivity index (χ1n) is 4.41. The minimum Gasteiger partial charge on any atom is -0.322 e. The predicted molar refractivity (Wildman–Crippen MR) is 51.5 cm³/mol. The van der Waals surface area contributed by atoms with Crippen LogP contribution in [0, 0.1) is 0 Å². The van der Waals surface area contributed by atoms with Gasteiger partial charge in [-0.2, -0.15) is 0 Å². The number of allylic oxidation sites excluding steroid dienone is 1. The Balaban J connectivity index is 4.64. The number of hydrogen-bond donors (Lipinski definition) is 1. The first-order chi connectivity index (χ1) is 4.98. The molecule has 0 aliphatic carbocycles. The van der Waals surface area contributed by atoms with Crippen molar-refractivity contribution < 1.29 is 0 Å². The second kappa shape index (κ2) is 3.91. The van der Waals surface area contributed by atoms with Gasteiger partial charge in [-0.05, 0) is 33.6 Å². The fraction of sp³-hybridized carbons (Fsp3) is 0.800. The molecule has 11 heavy (non-hydrogen) atoms. The van der Waals surface area contributed by atoms with Crippen LogP contribution in [0.15, 0.2) is 11.1 Å². The van der Waals surface area contributed by atoms with Gasteiger partial charge in [0.05, 0.1) is 0 Å². The van der Waals surface area contributed by atoms with Crippen molar-refractivity contribution in [3.05, 3.63) is 11.1 Å². The van der Waals surface area contributed by atoms with Gasteiger partial charge in [0.2, 0.25) is 0 Å². The Bertz CT molecular complexity index is 148. The quantitative estimate of drug-likeness (QED) is 0.623. The minimum atomic E-state index is -0.0567. The second-order valence-corrected chi connectivity index (χ2v) is 3.49. The van der Waals surface area contributed by atoms with Crippen molar-refractivity contribution in [2.24, 2.45) is 5.73 Å². The molecule has 0 bridgehead atoms. The molecule has 66 valence electrons. The zero-order valence-corrected chi connectivity index (χ0v) is 8.49. The van der Waals surface area contributed by atoms with E-state index in [2.05, 4.69) is 34.6 Å². The molecule has 0 aromatic carbocycles. The molecule has 1 heteroatoms. The van der Waals surface area contributed by atoms with Crippen LogP contribution in [0.25, 0.3) is 0 Å². The highest BCUT2D eigenvalue weighted by atomic mass is 14.7. The molecule has 0 unspecified atom stereocenters. The lowest BCUT2D eigenvalue weighted by Crippen LogP contribution is -2.40. The zero-order valence-electron chi connectivity index (χ0n) is 8.49. The maximum absolute atomic E-state index is 6.18. The van der Waals surface area contributed by atoms with Gasteiger partial charge < -0.3 is 5.73 Å². The molecular formula is C10H21N. The molecule has 0 aromatic heterocycles. The monoisotopic (exact) mass is 155 g/mol. The smallest absolute Gasteiger partial charge is 0.0363 e. The van der Waals surface area contributed by atoms with Crippen molar-refractivity contribution in [3.63, 3.8) is 0 Å². The molecule has 0 aliphatic rings. The minimum absolute atomic E-state index is 0.0567. The van der Waals surface area contributed by atoms with Gasteiger partial charge in [0.15, 0.2) is 0 Å². The molecule has 0 spiro atoms. The van der Waals surface area contributed by atoms with Gasteiger partial charge in [-0.15, -0.1) is 0 Å². The summed E-state index contributed by atoms with van der Waals surface area (Å²) < 4.78 is 0. The van der Waals surface area contributed by atoms with E-state index in [1.54, 1.807) is 0 Å². The Morgan fingerprint density at radius 1 is 1.09 bits per heavy atom. The Morgan fingerprint density at radius 2 is 1.45 bits per heavy atom. The Morgan fingerprint density at radius 3 is 1.55 bits per heavy atom. The third kappa shape index (κ3) is 2.33. The van der Waals surface area contributed by atoms with Crippen molar-refractivity contribution >= 4 is 0 Å². The van der Waals surface area contributed by atoms with E-state index in [0.29, 0.717) is 0 Å². The maximum Gasteiger partial charge on any atom is 0.0363 e. The topological polar surface area (TPSA) is 26.0 Å². The van der Waals surface area contributed by atoms with E-state index >= 15 is 0 Å². The van der Waals surface area contributed by atoms with E-state index in [1.165, 1.54) is 11.1 Å².